The van der Waals surface area contributed by atoms with Crippen LogP contribution >= 0.6 is 43.6 Å². The fourth-order valence-corrected chi connectivity index (χ4v) is 3.04. The third-order valence-corrected chi connectivity index (χ3v) is 5.61. The molecule has 0 aliphatic rings. The summed E-state index contributed by atoms with van der Waals surface area (Å²) in [5.74, 6) is 2.56. The third kappa shape index (κ3) is 5.87. The van der Waals surface area contributed by atoms with Crippen molar-refractivity contribution in [2.75, 3.05) is 22.2 Å². The Morgan fingerprint density at radius 3 is 2.25 bits per heavy atom. The topological polar surface area (TPSA) is 0 Å². The van der Waals surface area contributed by atoms with Gasteiger partial charge in [-0.1, -0.05) is 45.7 Å². The van der Waals surface area contributed by atoms with E-state index in [0.717, 1.165) is 10.7 Å². The van der Waals surface area contributed by atoms with E-state index in [-0.39, 0.29) is 0 Å². The van der Waals surface area contributed by atoms with E-state index in [4.69, 9.17) is 0 Å². The first-order chi connectivity index (χ1) is 5.68. The lowest BCUT2D eigenvalue weighted by molar-refractivity contribution is 0.399. The first-order valence-corrected chi connectivity index (χ1v) is 7.78. The summed E-state index contributed by atoms with van der Waals surface area (Å²) in [6, 6.07) is 0. The standard InChI is InChI=1S/C9H18Br2S/c1-3-12-6-4-5-9(2,7-10)8-11/h3-8H2,1-2H3. The molecule has 0 aromatic carbocycles. The van der Waals surface area contributed by atoms with Crippen LogP contribution in [0, 0.1) is 5.41 Å². The van der Waals surface area contributed by atoms with Crippen molar-refractivity contribution in [1.29, 1.82) is 0 Å². The molecule has 0 amide bonds. The van der Waals surface area contributed by atoms with Crippen LogP contribution in [0.1, 0.15) is 26.7 Å². The molecule has 0 atom stereocenters. The maximum Gasteiger partial charge on any atom is 0.00933 e. The van der Waals surface area contributed by atoms with Crippen molar-refractivity contribution in [2.24, 2.45) is 5.41 Å². The quantitative estimate of drug-likeness (QED) is 0.498. The normalized spacial score (nSPS) is 12.0. The van der Waals surface area contributed by atoms with Crippen molar-refractivity contribution in [3.05, 3.63) is 0 Å². The second-order valence-electron chi connectivity index (χ2n) is 3.38. The van der Waals surface area contributed by atoms with Crippen LogP contribution < -0.4 is 0 Å². The lowest BCUT2D eigenvalue weighted by atomic mass is 9.91. The molecule has 0 unspecified atom stereocenters. The van der Waals surface area contributed by atoms with Gasteiger partial charge in [0, 0.05) is 10.7 Å². The highest BCUT2D eigenvalue weighted by Gasteiger charge is 2.20. The Kier molecular flexibility index (Phi) is 8.53. The minimum absolute atomic E-state index is 0.453. The molecule has 0 saturated heterocycles. The van der Waals surface area contributed by atoms with Gasteiger partial charge in [-0.25, -0.2) is 0 Å². The fraction of sp³-hybridized carbons (Fsp3) is 1.00. The second kappa shape index (κ2) is 7.69. The Morgan fingerprint density at radius 2 is 1.83 bits per heavy atom. The van der Waals surface area contributed by atoms with Gasteiger partial charge in [-0.05, 0) is 29.8 Å². The Balaban J connectivity index is 3.45. The zero-order chi connectivity index (χ0) is 9.45. The van der Waals surface area contributed by atoms with Crippen molar-refractivity contribution < 1.29 is 0 Å². The molecule has 0 aliphatic carbocycles. The highest BCUT2D eigenvalue weighted by molar-refractivity contribution is 9.09. The summed E-state index contributed by atoms with van der Waals surface area (Å²) >= 11 is 9.17. The molecule has 0 nitrogen and oxygen atoms in total. The lowest BCUT2D eigenvalue weighted by Gasteiger charge is -2.24. The predicted octanol–water partition coefficient (Wildman–Crippen LogP) is 4.32. The fourth-order valence-electron chi connectivity index (χ4n) is 0.915. The molecule has 0 aliphatic heterocycles. The number of thioether (sulfide) groups is 1. The summed E-state index contributed by atoms with van der Waals surface area (Å²) in [7, 11) is 0. The largest absolute Gasteiger partial charge is 0.162 e. The van der Waals surface area contributed by atoms with E-state index in [1.165, 1.54) is 24.3 Å². The van der Waals surface area contributed by atoms with Crippen LogP contribution in [0.3, 0.4) is 0 Å². The molecule has 0 heterocycles. The summed E-state index contributed by atoms with van der Waals surface area (Å²) in [6.07, 6.45) is 2.66. The van der Waals surface area contributed by atoms with Gasteiger partial charge in [0.25, 0.3) is 0 Å². The molecule has 3 heteroatoms. The first-order valence-electron chi connectivity index (χ1n) is 4.38. The van der Waals surface area contributed by atoms with Crippen molar-refractivity contribution >= 4 is 43.6 Å². The Morgan fingerprint density at radius 1 is 1.25 bits per heavy atom. The van der Waals surface area contributed by atoms with Crippen LogP contribution in [0.25, 0.3) is 0 Å². The van der Waals surface area contributed by atoms with Gasteiger partial charge in [-0.15, -0.1) is 0 Å². The monoisotopic (exact) mass is 316 g/mol. The van der Waals surface area contributed by atoms with E-state index >= 15 is 0 Å². The highest BCUT2D eigenvalue weighted by Crippen LogP contribution is 2.28. The van der Waals surface area contributed by atoms with E-state index in [0.29, 0.717) is 5.41 Å². The van der Waals surface area contributed by atoms with E-state index in [1.54, 1.807) is 0 Å². The summed E-state index contributed by atoms with van der Waals surface area (Å²) < 4.78 is 0. The van der Waals surface area contributed by atoms with Crippen molar-refractivity contribution in [2.45, 2.75) is 26.7 Å². The molecule has 0 fully saturated rings. The van der Waals surface area contributed by atoms with Crippen LogP contribution in [0.5, 0.6) is 0 Å². The van der Waals surface area contributed by atoms with Gasteiger partial charge in [0.15, 0.2) is 0 Å². The Bertz CT molecular complexity index is 103. The third-order valence-electron chi connectivity index (χ3n) is 1.92. The molecule has 0 aromatic heterocycles. The van der Waals surface area contributed by atoms with Crippen molar-refractivity contribution in [3.8, 4) is 0 Å². The van der Waals surface area contributed by atoms with Crippen molar-refractivity contribution in [1.82, 2.24) is 0 Å². The maximum atomic E-state index is 3.56. The highest BCUT2D eigenvalue weighted by atomic mass is 79.9. The second-order valence-corrected chi connectivity index (χ2v) is 5.89. The molecule has 0 radical (unpaired) electrons. The van der Waals surface area contributed by atoms with Crippen LogP contribution in [0.4, 0.5) is 0 Å². The van der Waals surface area contributed by atoms with Crippen molar-refractivity contribution in [3.63, 3.8) is 0 Å². The molecule has 0 aromatic rings. The van der Waals surface area contributed by atoms with Gasteiger partial charge in [0.2, 0.25) is 0 Å². The molecular weight excluding hydrogens is 300 g/mol. The molecule has 74 valence electrons. The summed E-state index contributed by atoms with van der Waals surface area (Å²) in [5.41, 5.74) is 0.453. The SMILES string of the molecule is CCSCCCC(C)(CBr)CBr. The molecule has 0 saturated carbocycles. The van der Waals surface area contributed by atoms with E-state index in [9.17, 15) is 0 Å². The number of alkyl halides is 2. The van der Waals surface area contributed by atoms with Gasteiger partial charge in [0.1, 0.15) is 0 Å². The van der Waals surface area contributed by atoms with Crippen LogP contribution in [0.2, 0.25) is 0 Å². The molecular formula is C9H18Br2S. The summed E-state index contributed by atoms with van der Waals surface area (Å²) in [4.78, 5) is 0. The smallest absolute Gasteiger partial charge is 0.00933 e. The van der Waals surface area contributed by atoms with Crippen LogP contribution in [-0.2, 0) is 0 Å². The average molecular weight is 318 g/mol. The van der Waals surface area contributed by atoms with E-state index in [1.807, 2.05) is 11.8 Å². The lowest BCUT2D eigenvalue weighted by Crippen LogP contribution is -2.20. The Hall–Kier alpha value is 1.31. The van der Waals surface area contributed by atoms with Gasteiger partial charge in [-0.3, -0.25) is 0 Å². The minimum atomic E-state index is 0.453. The van der Waals surface area contributed by atoms with Crippen LogP contribution in [-0.4, -0.2) is 22.2 Å². The molecule has 0 spiro atoms. The van der Waals surface area contributed by atoms with E-state index < -0.39 is 0 Å². The van der Waals surface area contributed by atoms with Gasteiger partial charge in [-0.2, -0.15) is 11.8 Å². The zero-order valence-corrected chi connectivity index (χ0v) is 11.9. The molecule has 12 heavy (non-hydrogen) atoms. The average Bonchev–Trinajstić information content (AvgIpc) is 2.12. The number of rotatable bonds is 7. The molecule has 0 rings (SSSR count). The van der Waals surface area contributed by atoms with E-state index in [2.05, 4.69) is 45.7 Å². The van der Waals surface area contributed by atoms with Gasteiger partial charge >= 0.3 is 0 Å². The number of halogens is 2. The first kappa shape index (κ1) is 13.3. The minimum Gasteiger partial charge on any atom is -0.162 e. The van der Waals surface area contributed by atoms with Gasteiger partial charge < -0.3 is 0 Å². The van der Waals surface area contributed by atoms with Crippen LogP contribution in [0.15, 0.2) is 0 Å². The van der Waals surface area contributed by atoms with Gasteiger partial charge in [0.05, 0.1) is 0 Å². The number of hydrogen-bond donors (Lipinski definition) is 0. The zero-order valence-electron chi connectivity index (χ0n) is 7.91. The maximum absolute atomic E-state index is 3.56. The number of hydrogen-bond acceptors (Lipinski definition) is 1. The molecule has 0 N–H and O–H groups in total. The summed E-state index contributed by atoms with van der Waals surface area (Å²) in [5, 5.41) is 2.20. The summed E-state index contributed by atoms with van der Waals surface area (Å²) in [6.45, 7) is 4.55. The predicted molar refractivity (Wildman–Crippen MR) is 67.9 cm³/mol. The Labute approximate surface area is 97.5 Å². The molecule has 0 bridgehead atoms.